The van der Waals surface area contributed by atoms with Crippen LogP contribution < -0.4 is 0 Å². The molecule has 2 heterocycles. The van der Waals surface area contributed by atoms with Gasteiger partial charge in [0, 0.05) is 26.2 Å². The quantitative estimate of drug-likeness (QED) is 0.330. The van der Waals surface area contributed by atoms with E-state index >= 15 is 0 Å². The molecule has 2 aliphatic heterocycles. The van der Waals surface area contributed by atoms with Crippen molar-refractivity contribution in [3.8, 4) is 0 Å². The molecule has 2 aliphatic rings. The first-order chi connectivity index (χ1) is 19.0. The Labute approximate surface area is 239 Å². The highest BCUT2D eigenvalue weighted by atomic mass is 32.2. The van der Waals surface area contributed by atoms with E-state index in [9.17, 15) is 21.6 Å². The molecule has 10 heteroatoms. The Morgan fingerprint density at radius 1 is 0.775 bits per heavy atom. The van der Waals surface area contributed by atoms with Crippen LogP contribution in [0.1, 0.15) is 56.6 Å². The molecule has 220 valence electrons. The molecule has 3 atom stereocenters. The lowest BCUT2D eigenvalue weighted by atomic mass is 9.89. The van der Waals surface area contributed by atoms with Gasteiger partial charge in [0.05, 0.1) is 22.3 Å². The minimum Gasteiger partial charge on any atom is -0.466 e. The third-order valence-electron chi connectivity index (χ3n) is 8.28. The van der Waals surface area contributed by atoms with E-state index in [1.54, 1.807) is 39.8 Å². The number of benzene rings is 2. The van der Waals surface area contributed by atoms with Crippen LogP contribution in [0.25, 0.3) is 0 Å². The standard InChI is InChI=1S/C30H42N2O6S2/c1-4-38-30(33)27(11-9-25-17-19-31(21-25)39(34,35)28-13-5-23(2)6-14-28)12-10-26-18-20-32(22-26)40(36,37)29-15-7-24(3)8-16-29/h5-8,13-16,25-27H,4,9-12,17-22H2,1-3H3/t25-,26+,27?. The molecule has 2 aromatic carbocycles. The largest absolute Gasteiger partial charge is 0.466 e. The molecule has 0 bridgehead atoms. The summed E-state index contributed by atoms with van der Waals surface area (Å²) in [5.41, 5.74) is 2.03. The van der Waals surface area contributed by atoms with Crippen LogP contribution in [0.2, 0.25) is 0 Å². The monoisotopic (exact) mass is 590 g/mol. The van der Waals surface area contributed by atoms with E-state index < -0.39 is 20.0 Å². The molecule has 2 fully saturated rings. The Balaban J connectivity index is 1.30. The average molecular weight is 591 g/mol. The first-order valence-corrected chi connectivity index (χ1v) is 17.2. The van der Waals surface area contributed by atoms with Crippen molar-refractivity contribution in [1.82, 2.24) is 8.61 Å². The summed E-state index contributed by atoms with van der Waals surface area (Å²) in [5.74, 6) is -0.102. The number of esters is 1. The van der Waals surface area contributed by atoms with Crippen molar-refractivity contribution < 1.29 is 26.4 Å². The van der Waals surface area contributed by atoms with E-state index in [0.717, 1.165) is 36.8 Å². The van der Waals surface area contributed by atoms with Gasteiger partial charge in [-0.05, 0) is 95.4 Å². The maximum Gasteiger partial charge on any atom is 0.308 e. The van der Waals surface area contributed by atoms with E-state index in [-0.39, 0.29) is 23.7 Å². The van der Waals surface area contributed by atoms with E-state index in [4.69, 9.17) is 4.74 Å². The molecule has 0 aliphatic carbocycles. The fourth-order valence-electron chi connectivity index (χ4n) is 5.73. The number of hydrogen-bond donors (Lipinski definition) is 0. The summed E-state index contributed by atoms with van der Waals surface area (Å²) in [4.78, 5) is 13.4. The van der Waals surface area contributed by atoms with Crippen molar-refractivity contribution in [2.75, 3.05) is 32.8 Å². The van der Waals surface area contributed by atoms with E-state index in [0.29, 0.717) is 55.4 Å². The van der Waals surface area contributed by atoms with Crippen molar-refractivity contribution in [3.63, 3.8) is 0 Å². The van der Waals surface area contributed by atoms with Crippen LogP contribution in [0, 0.1) is 31.6 Å². The first kappa shape index (κ1) is 30.7. The molecule has 2 saturated heterocycles. The number of ether oxygens (including phenoxy) is 1. The van der Waals surface area contributed by atoms with Crippen LogP contribution >= 0.6 is 0 Å². The van der Waals surface area contributed by atoms with Crippen LogP contribution in [0.15, 0.2) is 58.3 Å². The Morgan fingerprint density at radius 2 is 1.18 bits per heavy atom. The van der Waals surface area contributed by atoms with Gasteiger partial charge in [-0.1, -0.05) is 35.4 Å². The van der Waals surface area contributed by atoms with Gasteiger partial charge < -0.3 is 4.74 Å². The molecule has 2 aromatic rings. The van der Waals surface area contributed by atoms with Crippen LogP contribution in [0.4, 0.5) is 0 Å². The molecule has 4 rings (SSSR count). The number of aryl methyl sites for hydroxylation is 2. The van der Waals surface area contributed by atoms with Crippen molar-refractivity contribution in [3.05, 3.63) is 59.7 Å². The minimum absolute atomic E-state index is 0.193. The zero-order valence-electron chi connectivity index (χ0n) is 23.8. The van der Waals surface area contributed by atoms with Gasteiger partial charge in [-0.2, -0.15) is 8.61 Å². The molecular weight excluding hydrogens is 548 g/mol. The lowest BCUT2D eigenvalue weighted by Crippen LogP contribution is -2.29. The third kappa shape index (κ3) is 7.32. The predicted octanol–water partition coefficient (Wildman–Crippen LogP) is 4.76. The summed E-state index contributed by atoms with van der Waals surface area (Å²) >= 11 is 0. The van der Waals surface area contributed by atoms with Crippen molar-refractivity contribution in [1.29, 1.82) is 0 Å². The number of nitrogens with zero attached hydrogens (tertiary/aromatic N) is 2. The molecule has 8 nitrogen and oxygen atoms in total. The number of rotatable bonds is 12. The summed E-state index contributed by atoms with van der Waals surface area (Å²) in [7, 11) is -7.05. The fourth-order valence-corrected chi connectivity index (χ4v) is 8.80. The molecule has 0 saturated carbocycles. The SMILES string of the molecule is CCOC(=O)C(CC[C@@H]1CCN(S(=O)(=O)c2ccc(C)cc2)C1)CC[C@H]1CCN(S(=O)(=O)c2ccc(C)cc2)C1. The smallest absolute Gasteiger partial charge is 0.308 e. The van der Waals surface area contributed by atoms with Gasteiger partial charge in [-0.15, -0.1) is 0 Å². The lowest BCUT2D eigenvalue weighted by molar-refractivity contribution is -0.148. The summed E-state index contributed by atoms with van der Waals surface area (Å²) < 4.78 is 60.8. The van der Waals surface area contributed by atoms with Gasteiger partial charge in [-0.25, -0.2) is 16.8 Å². The summed E-state index contributed by atoms with van der Waals surface area (Å²) in [6, 6.07) is 13.9. The van der Waals surface area contributed by atoms with Crippen LogP contribution in [-0.4, -0.2) is 64.2 Å². The second kappa shape index (κ2) is 13.1. The highest BCUT2D eigenvalue weighted by Gasteiger charge is 2.35. The zero-order valence-corrected chi connectivity index (χ0v) is 25.4. The summed E-state index contributed by atoms with van der Waals surface area (Å²) in [5, 5.41) is 0. The van der Waals surface area contributed by atoms with Gasteiger partial charge in [0.1, 0.15) is 0 Å². The Bertz CT molecular complexity index is 1260. The lowest BCUT2D eigenvalue weighted by Gasteiger charge is -2.20. The maximum absolute atomic E-state index is 13.1. The van der Waals surface area contributed by atoms with Crippen molar-refractivity contribution in [2.24, 2.45) is 17.8 Å². The first-order valence-electron chi connectivity index (χ1n) is 14.3. The number of carbonyl (C=O) groups excluding carboxylic acids is 1. The Kier molecular flexibility index (Phi) is 10.1. The Hall–Kier alpha value is -2.27. The topological polar surface area (TPSA) is 101 Å². The zero-order chi connectivity index (χ0) is 28.9. The summed E-state index contributed by atoms with van der Waals surface area (Å²) in [6.45, 7) is 7.85. The Morgan fingerprint density at radius 3 is 1.55 bits per heavy atom. The second-order valence-electron chi connectivity index (χ2n) is 11.3. The van der Waals surface area contributed by atoms with E-state index in [2.05, 4.69) is 0 Å². The average Bonchev–Trinajstić information content (AvgIpc) is 3.60. The van der Waals surface area contributed by atoms with E-state index in [1.165, 1.54) is 0 Å². The molecular formula is C30H42N2O6S2. The van der Waals surface area contributed by atoms with Gasteiger partial charge in [0.15, 0.2) is 0 Å². The van der Waals surface area contributed by atoms with Gasteiger partial charge in [-0.3, -0.25) is 4.79 Å². The van der Waals surface area contributed by atoms with Crippen LogP contribution in [0.5, 0.6) is 0 Å². The molecule has 0 spiro atoms. The second-order valence-corrected chi connectivity index (χ2v) is 15.1. The molecule has 1 unspecified atom stereocenters. The molecule has 40 heavy (non-hydrogen) atoms. The predicted molar refractivity (Wildman–Crippen MR) is 155 cm³/mol. The number of carbonyl (C=O) groups is 1. The normalized spacial score (nSPS) is 21.5. The number of hydrogen-bond acceptors (Lipinski definition) is 6. The van der Waals surface area contributed by atoms with Crippen molar-refractivity contribution >= 4 is 26.0 Å². The van der Waals surface area contributed by atoms with Crippen molar-refractivity contribution in [2.45, 2.75) is 69.1 Å². The molecule has 0 radical (unpaired) electrons. The van der Waals surface area contributed by atoms with Crippen LogP contribution in [-0.2, 0) is 29.6 Å². The summed E-state index contributed by atoms with van der Waals surface area (Å²) in [6.07, 6.45) is 4.33. The van der Waals surface area contributed by atoms with Gasteiger partial charge >= 0.3 is 5.97 Å². The highest BCUT2D eigenvalue weighted by molar-refractivity contribution is 7.89. The molecule has 0 amide bonds. The minimum atomic E-state index is -3.52. The number of sulfonamides is 2. The molecule has 0 aromatic heterocycles. The third-order valence-corrected chi connectivity index (χ3v) is 12.0. The van der Waals surface area contributed by atoms with Gasteiger partial charge in [0.2, 0.25) is 20.0 Å². The maximum atomic E-state index is 13.1. The van der Waals surface area contributed by atoms with Crippen LogP contribution in [0.3, 0.4) is 0 Å². The fraction of sp³-hybridized carbons (Fsp3) is 0.567. The highest BCUT2D eigenvalue weighted by Crippen LogP contribution is 2.32. The van der Waals surface area contributed by atoms with Gasteiger partial charge in [0.25, 0.3) is 0 Å². The molecule has 0 N–H and O–H groups in total. The van der Waals surface area contributed by atoms with E-state index in [1.807, 2.05) is 38.1 Å².